The third-order valence-electron chi connectivity index (χ3n) is 2.82. The smallest absolute Gasteiger partial charge is 0.225 e. The lowest BCUT2D eigenvalue weighted by atomic mass is 10.1. The summed E-state index contributed by atoms with van der Waals surface area (Å²) in [5, 5.41) is 5.49. The lowest BCUT2D eigenvalue weighted by molar-refractivity contribution is -0.126. The second kappa shape index (κ2) is 7.24. The molecule has 1 unspecified atom stereocenters. The number of hydrogen-bond donors (Lipinski definition) is 2. The molecule has 1 aliphatic rings. The number of amides is 2. The van der Waals surface area contributed by atoms with Crippen molar-refractivity contribution < 1.29 is 14.3 Å². The molecule has 17 heavy (non-hydrogen) atoms. The molecule has 2 N–H and O–H groups in total. The van der Waals surface area contributed by atoms with E-state index in [1.54, 1.807) is 7.11 Å². The van der Waals surface area contributed by atoms with Crippen LogP contribution in [0.1, 0.15) is 6.42 Å². The van der Waals surface area contributed by atoms with Gasteiger partial charge in [0.2, 0.25) is 11.8 Å². The minimum Gasteiger partial charge on any atom is -0.383 e. The van der Waals surface area contributed by atoms with Crippen LogP contribution >= 0.6 is 0 Å². The summed E-state index contributed by atoms with van der Waals surface area (Å²) < 4.78 is 4.96. The zero-order chi connectivity index (χ0) is 12.7. The number of hydrogen-bond acceptors (Lipinski definition) is 4. The van der Waals surface area contributed by atoms with Crippen LogP contribution in [0.15, 0.2) is 0 Å². The number of carbonyl (C=O) groups excluding carboxylic acids is 2. The number of likely N-dealkylation sites (N-methyl/N-ethyl adjacent to an activating group) is 1. The number of nitrogens with zero attached hydrogens (tertiary/aromatic N) is 1. The van der Waals surface area contributed by atoms with Crippen molar-refractivity contribution in [2.45, 2.75) is 6.42 Å². The molecular weight excluding hydrogens is 222 g/mol. The first-order chi connectivity index (χ1) is 8.13. The molecule has 1 heterocycles. The number of ether oxygens (including phenoxy) is 1. The summed E-state index contributed by atoms with van der Waals surface area (Å²) in [5.41, 5.74) is 0. The van der Waals surface area contributed by atoms with Crippen LogP contribution in [0.2, 0.25) is 0 Å². The maximum atomic E-state index is 11.6. The van der Waals surface area contributed by atoms with Gasteiger partial charge in [0.1, 0.15) is 0 Å². The Morgan fingerprint density at radius 2 is 2.35 bits per heavy atom. The Morgan fingerprint density at radius 3 is 2.94 bits per heavy atom. The predicted octanol–water partition coefficient (Wildman–Crippen LogP) is -1.18. The van der Waals surface area contributed by atoms with Crippen LogP contribution in [-0.4, -0.2) is 63.7 Å². The van der Waals surface area contributed by atoms with Crippen LogP contribution in [0.4, 0.5) is 0 Å². The van der Waals surface area contributed by atoms with Gasteiger partial charge in [0.05, 0.1) is 12.5 Å². The van der Waals surface area contributed by atoms with Crippen molar-refractivity contribution in [2.24, 2.45) is 5.92 Å². The molecule has 0 radical (unpaired) electrons. The second-order valence-electron chi connectivity index (χ2n) is 4.29. The van der Waals surface area contributed by atoms with Crippen LogP contribution in [-0.2, 0) is 14.3 Å². The van der Waals surface area contributed by atoms with Gasteiger partial charge in [-0.2, -0.15) is 0 Å². The summed E-state index contributed by atoms with van der Waals surface area (Å²) in [5.74, 6) is -0.280. The van der Waals surface area contributed by atoms with E-state index in [1.807, 2.05) is 7.05 Å². The zero-order valence-electron chi connectivity index (χ0n) is 10.5. The topological polar surface area (TPSA) is 70.7 Å². The molecular formula is C11H21N3O3. The largest absolute Gasteiger partial charge is 0.383 e. The van der Waals surface area contributed by atoms with Crippen LogP contribution < -0.4 is 10.6 Å². The summed E-state index contributed by atoms with van der Waals surface area (Å²) in [6.45, 7) is 3.37. The molecule has 98 valence electrons. The summed E-state index contributed by atoms with van der Waals surface area (Å²) in [6.07, 6.45) is 0.311. The molecule has 0 bridgehead atoms. The van der Waals surface area contributed by atoms with Gasteiger partial charge in [-0.15, -0.1) is 0 Å². The first-order valence-electron chi connectivity index (χ1n) is 5.85. The normalized spacial score (nSPS) is 19.5. The van der Waals surface area contributed by atoms with E-state index in [0.29, 0.717) is 26.1 Å². The van der Waals surface area contributed by atoms with Gasteiger partial charge in [-0.1, -0.05) is 0 Å². The Morgan fingerprint density at radius 1 is 1.59 bits per heavy atom. The highest BCUT2D eigenvalue weighted by atomic mass is 16.5. The maximum Gasteiger partial charge on any atom is 0.225 e. The van der Waals surface area contributed by atoms with Crippen LogP contribution in [0.25, 0.3) is 0 Å². The van der Waals surface area contributed by atoms with Gasteiger partial charge in [0.15, 0.2) is 0 Å². The maximum absolute atomic E-state index is 11.6. The Bertz CT molecular complexity index is 271. The Kier molecular flexibility index (Phi) is 5.93. The average Bonchev–Trinajstić information content (AvgIpc) is 2.73. The monoisotopic (exact) mass is 243 g/mol. The minimum absolute atomic E-state index is 0.0384. The molecule has 6 heteroatoms. The molecule has 1 fully saturated rings. The minimum atomic E-state index is -0.202. The van der Waals surface area contributed by atoms with Gasteiger partial charge in [-0.05, 0) is 7.05 Å². The highest BCUT2D eigenvalue weighted by Crippen LogP contribution is 2.08. The van der Waals surface area contributed by atoms with Crippen molar-refractivity contribution in [3.8, 4) is 0 Å². The van der Waals surface area contributed by atoms with Gasteiger partial charge < -0.3 is 20.3 Å². The molecule has 2 amide bonds. The van der Waals surface area contributed by atoms with Crippen molar-refractivity contribution in [2.75, 3.05) is 46.9 Å². The predicted molar refractivity (Wildman–Crippen MR) is 63.5 cm³/mol. The average molecular weight is 243 g/mol. The molecule has 0 saturated carbocycles. The van der Waals surface area contributed by atoms with Gasteiger partial charge in [-0.25, -0.2) is 0 Å². The summed E-state index contributed by atoms with van der Waals surface area (Å²) >= 11 is 0. The fourth-order valence-corrected chi connectivity index (χ4v) is 1.66. The van der Waals surface area contributed by atoms with E-state index in [-0.39, 0.29) is 17.7 Å². The lowest BCUT2D eigenvalue weighted by Gasteiger charge is -2.17. The van der Waals surface area contributed by atoms with Crippen LogP contribution in [0.3, 0.4) is 0 Å². The molecule has 6 nitrogen and oxygen atoms in total. The van der Waals surface area contributed by atoms with E-state index >= 15 is 0 Å². The molecule has 1 aliphatic heterocycles. The molecule has 0 aliphatic carbocycles. The summed E-state index contributed by atoms with van der Waals surface area (Å²) in [7, 11) is 3.64. The van der Waals surface area contributed by atoms with E-state index in [1.165, 1.54) is 0 Å². The Balaban J connectivity index is 2.09. The van der Waals surface area contributed by atoms with Crippen molar-refractivity contribution in [1.29, 1.82) is 0 Å². The van der Waals surface area contributed by atoms with Crippen molar-refractivity contribution in [3.63, 3.8) is 0 Å². The summed E-state index contributed by atoms with van der Waals surface area (Å²) in [4.78, 5) is 24.7. The number of nitrogens with one attached hydrogen (secondary N) is 2. The van der Waals surface area contributed by atoms with Crippen molar-refractivity contribution in [3.05, 3.63) is 0 Å². The van der Waals surface area contributed by atoms with Gasteiger partial charge in [0, 0.05) is 39.7 Å². The third kappa shape index (κ3) is 5.14. The van der Waals surface area contributed by atoms with E-state index in [0.717, 1.165) is 13.1 Å². The second-order valence-corrected chi connectivity index (χ2v) is 4.29. The van der Waals surface area contributed by atoms with Gasteiger partial charge >= 0.3 is 0 Å². The quantitative estimate of drug-likeness (QED) is 0.590. The van der Waals surface area contributed by atoms with Crippen molar-refractivity contribution >= 4 is 11.8 Å². The molecule has 1 rings (SSSR count). The molecule has 1 saturated heterocycles. The van der Waals surface area contributed by atoms with Crippen LogP contribution in [0.5, 0.6) is 0 Å². The lowest BCUT2D eigenvalue weighted by Crippen LogP contribution is -2.37. The molecule has 1 atom stereocenters. The van der Waals surface area contributed by atoms with Gasteiger partial charge in [-0.3, -0.25) is 9.59 Å². The standard InChI is InChI=1S/C11H21N3O3/c1-14(5-6-17-2)4-3-12-11(16)9-7-10(15)13-8-9/h9H,3-8H2,1-2H3,(H,12,16)(H,13,15). The fraction of sp³-hybridized carbons (Fsp3) is 0.818. The van der Waals surface area contributed by atoms with E-state index < -0.39 is 0 Å². The number of methoxy groups -OCH3 is 1. The fourth-order valence-electron chi connectivity index (χ4n) is 1.66. The Hall–Kier alpha value is -1.14. The van der Waals surface area contributed by atoms with E-state index in [2.05, 4.69) is 15.5 Å². The first kappa shape index (κ1) is 13.9. The van der Waals surface area contributed by atoms with Crippen LogP contribution in [0, 0.1) is 5.92 Å². The third-order valence-corrected chi connectivity index (χ3v) is 2.82. The highest BCUT2D eigenvalue weighted by Gasteiger charge is 2.27. The molecule has 0 spiro atoms. The van der Waals surface area contributed by atoms with E-state index in [4.69, 9.17) is 4.74 Å². The first-order valence-corrected chi connectivity index (χ1v) is 5.85. The summed E-state index contributed by atoms with van der Waals surface area (Å²) in [6, 6.07) is 0. The molecule has 0 aromatic heterocycles. The van der Waals surface area contributed by atoms with Gasteiger partial charge in [0.25, 0.3) is 0 Å². The molecule has 0 aromatic carbocycles. The molecule has 0 aromatic rings. The zero-order valence-corrected chi connectivity index (χ0v) is 10.5. The SMILES string of the molecule is COCCN(C)CCNC(=O)C1CNC(=O)C1. The Labute approximate surface area is 102 Å². The number of rotatable bonds is 7. The number of carbonyl (C=O) groups is 2. The van der Waals surface area contributed by atoms with E-state index in [9.17, 15) is 9.59 Å². The van der Waals surface area contributed by atoms with Crippen molar-refractivity contribution in [1.82, 2.24) is 15.5 Å². The highest BCUT2D eigenvalue weighted by molar-refractivity contribution is 5.89.